The molecule has 9 nitrogen and oxygen atoms in total. The van der Waals surface area contributed by atoms with Crippen molar-refractivity contribution in [1.82, 2.24) is 4.72 Å². The van der Waals surface area contributed by atoms with Gasteiger partial charge in [-0.2, -0.15) is 0 Å². The Balaban J connectivity index is 2.92. The molecule has 0 saturated carbocycles. The van der Waals surface area contributed by atoms with E-state index in [1.54, 1.807) is 0 Å². The highest BCUT2D eigenvalue weighted by molar-refractivity contribution is 7.89. The van der Waals surface area contributed by atoms with Gasteiger partial charge in [0.25, 0.3) is 5.69 Å². The minimum atomic E-state index is -3.86. The van der Waals surface area contributed by atoms with Gasteiger partial charge in [-0.3, -0.25) is 20.2 Å². The Morgan fingerprint density at radius 1 is 1.43 bits per heavy atom. The highest BCUT2D eigenvalue weighted by Crippen LogP contribution is 2.25. The molecule has 1 aromatic rings. The smallest absolute Gasteiger partial charge is 0.271 e. The van der Waals surface area contributed by atoms with Crippen molar-refractivity contribution in [2.75, 3.05) is 24.0 Å². The van der Waals surface area contributed by atoms with Gasteiger partial charge in [-0.25, -0.2) is 13.1 Å². The topological polar surface area (TPSA) is 144 Å². The first kappa shape index (κ1) is 17.5. The van der Waals surface area contributed by atoms with Crippen molar-refractivity contribution in [3.8, 4) is 0 Å². The van der Waals surface area contributed by atoms with Gasteiger partial charge in [0.2, 0.25) is 10.0 Å². The summed E-state index contributed by atoms with van der Waals surface area (Å²) in [6.07, 6.45) is 1.95. The molecular weight excluding hydrogens is 320 g/mol. The lowest BCUT2D eigenvalue weighted by Gasteiger charge is -2.10. The van der Waals surface area contributed by atoms with Crippen molar-refractivity contribution in [1.29, 1.82) is 0 Å². The maximum Gasteiger partial charge on any atom is 0.271 e. The number of hydrazine groups is 1. The second-order valence-electron chi connectivity index (χ2n) is 4.11. The second-order valence-corrected chi connectivity index (χ2v) is 7.40. The molecule has 0 spiro atoms. The number of non-ortho nitro benzene ring substituents is 1. The van der Waals surface area contributed by atoms with E-state index in [1.165, 1.54) is 6.26 Å². The van der Waals surface area contributed by atoms with Crippen LogP contribution in [0.1, 0.15) is 6.42 Å². The number of sulfonamides is 1. The minimum absolute atomic E-state index is 0.0734. The number of nitrogen functional groups attached to an aromatic ring is 1. The van der Waals surface area contributed by atoms with E-state index in [1.807, 2.05) is 0 Å². The predicted octanol–water partition coefficient (Wildman–Crippen LogP) is -0.0727. The average molecular weight is 336 g/mol. The number of hydrogen-bond donors (Lipinski definition) is 3. The summed E-state index contributed by atoms with van der Waals surface area (Å²) >= 11 is 0. The average Bonchev–Trinajstić information content (AvgIpc) is 2.42. The van der Waals surface area contributed by atoms with Crippen LogP contribution in [0.25, 0.3) is 0 Å². The number of rotatable bonds is 8. The highest BCUT2D eigenvalue weighted by atomic mass is 32.2. The molecule has 1 unspecified atom stereocenters. The number of nitro benzene ring substituents is 1. The largest absolute Gasteiger partial charge is 0.323 e. The van der Waals surface area contributed by atoms with Crippen molar-refractivity contribution >= 4 is 32.2 Å². The molecular formula is C10H16N4O5S2. The van der Waals surface area contributed by atoms with Crippen molar-refractivity contribution in [2.45, 2.75) is 11.3 Å². The Kier molecular flexibility index (Phi) is 6.20. The molecule has 0 aliphatic carbocycles. The van der Waals surface area contributed by atoms with Crippen LogP contribution in [0.3, 0.4) is 0 Å². The molecule has 21 heavy (non-hydrogen) atoms. The first-order chi connectivity index (χ1) is 9.77. The van der Waals surface area contributed by atoms with Crippen LogP contribution < -0.4 is 16.0 Å². The molecule has 118 valence electrons. The van der Waals surface area contributed by atoms with Gasteiger partial charge in [-0.1, -0.05) is 0 Å². The number of nitrogens with zero attached hydrogens (tertiary/aromatic N) is 1. The number of anilines is 1. The fourth-order valence-electron chi connectivity index (χ4n) is 1.54. The summed E-state index contributed by atoms with van der Waals surface area (Å²) in [4.78, 5) is 9.81. The molecule has 1 aromatic carbocycles. The van der Waals surface area contributed by atoms with Crippen LogP contribution >= 0.6 is 0 Å². The van der Waals surface area contributed by atoms with E-state index in [0.717, 1.165) is 18.2 Å². The number of benzene rings is 1. The summed E-state index contributed by atoms with van der Waals surface area (Å²) in [6, 6.07) is 3.22. The third kappa shape index (κ3) is 5.04. The summed E-state index contributed by atoms with van der Waals surface area (Å²) in [6.45, 7) is 0.114. The Morgan fingerprint density at radius 3 is 2.62 bits per heavy atom. The van der Waals surface area contributed by atoms with Crippen LogP contribution in [0, 0.1) is 10.1 Å². The predicted molar refractivity (Wildman–Crippen MR) is 79.6 cm³/mol. The zero-order valence-electron chi connectivity index (χ0n) is 11.2. The van der Waals surface area contributed by atoms with Gasteiger partial charge in [0.1, 0.15) is 4.90 Å². The molecule has 0 aromatic heterocycles. The molecule has 11 heteroatoms. The van der Waals surface area contributed by atoms with E-state index in [0.29, 0.717) is 12.2 Å². The molecule has 0 aliphatic heterocycles. The molecule has 0 radical (unpaired) electrons. The van der Waals surface area contributed by atoms with Crippen molar-refractivity contribution in [2.24, 2.45) is 5.84 Å². The van der Waals surface area contributed by atoms with Crippen molar-refractivity contribution in [3.05, 3.63) is 28.3 Å². The van der Waals surface area contributed by atoms with Crippen LogP contribution in [0.5, 0.6) is 0 Å². The van der Waals surface area contributed by atoms with Crippen LogP contribution in [0.15, 0.2) is 23.1 Å². The van der Waals surface area contributed by atoms with E-state index >= 15 is 0 Å². The van der Waals surface area contributed by atoms with Gasteiger partial charge in [0, 0.05) is 41.5 Å². The first-order valence-electron chi connectivity index (χ1n) is 5.82. The first-order valence-corrected chi connectivity index (χ1v) is 9.03. The standard InChI is InChI=1S/C10H16N4O5S2/c1-20(17)6-2-5-12-21(18,19)10-4-3-8(14(15)16)7-9(10)13-11/h3-4,7,12-13H,2,5-6,11H2,1H3. The third-order valence-corrected chi connectivity index (χ3v) is 4.90. The molecule has 0 aliphatic rings. The van der Waals surface area contributed by atoms with Gasteiger partial charge >= 0.3 is 0 Å². The summed E-state index contributed by atoms with van der Waals surface area (Å²) in [5, 5.41) is 10.6. The van der Waals surface area contributed by atoms with E-state index in [9.17, 15) is 22.7 Å². The van der Waals surface area contributed by atoms with E-state index in [-0.39, 0.29) is 22.8 Å². The maximum absolute atomic E-state index is 12.1. The zero-order valence-corrected chi connectivity index (χ0v) is 12.9. The molecule has 0 amide bonds. The summed E-state index contributed by atoms with van der Waals surface area (Å²) in [5.74, 6) is 5.59. The summed E-state index contributed by atoms with van der Waals surface area (Å²) in [7, 11) is -4.85. The molecule has 0 bridgehead atoms. The Labute approximate surface area is 124 Å². The maximum atomic E-state index is 12.1. The van der Waals surface area contributed by atoms with E-state index < -0.39 is 25.7 Å². The number of hydrogen-bond acceptors (Lipinski definition) is 7. The lowest BCUT2D eigenvalue weighted by atomic mass is 10.3. The van der Waals surface area contributed by atoms with Crippen molar-refractivity contribution in [3.63, 3.8) is 0 Å². The van der Waals surface area contributed by atoms with Gasteiger partial charge < -0.3 is 5.43 Å². The van der Waals surface area contributed by atoms with E-state index in [4.69, 9.17) is 5.84 Å². The van der Waals surface area contributed by atoms with Crippen LogP contribution in [-0.4, -0.2) is 36.1 Å². The van der Waals surface area contributed by atoms with Crippen molar-refractivity contribution < 1.29 is 17.6 Å². The molecule has 0 heterocycles. The normalized spacial score (nSPS) is 12.9. The zero-order chi connectivity index (χ0) is 16.0. The fourth-order valence-corrected chi connectivity index (χ4v) is 3.31. The fraction of sp³-hybridized carbons (Fsp3) is 0.400. The monoisotopic (exact) mass is 336 g/mol. The number of nitro groups is 1. The molecule has 0 saturated heterocycles. The molecule has 4 N–H and O–H groups in total. The molecule has 0 fully saturated rings. The minimum Gasteiger partial charge on any atom is -0.323 e. The van der Waals surface area contributed by atoms with Gasteiger partial charge in [-0.15, -0.1) is 0 Å². The van der Waals surface area contributed by atoms with E-state index in [2.05, 4.69) is 10.1 Å². The SMILES string of the molecule is CS(=O)CCCNS(=O)(=O)c1ccc([N+](=O)[O-])cc1NN. The molecule has 1 atom stereocenters. The van der Waals surface area contributed by atoms with Crippen LogP contribution in [-0.2, 0) is 20.8 Å². The lowest BCUT2D eigenvalue weighted by molar-refractivity contribution is -0.384. The number of nitrogens with two attached hydrogens (primary N) is 1. The van der Waals surface area contributed by atoms with Gasteiger partial charge in [-0.05, 0) is 12.5 Å². The van der Waals surface area contributed by atoms with Crippen LogP contribution in [0.4, 0.5) is 11.4 Å². The summed E-state index contributed by atoms with van der Waals surface area (Å²) < 4.78 is 37.4. The Bertz CT molecular complexity index is 647. The summed E-state index contributed by atoms with van der Waals surface area (Å²) in [5.41, 5.74) is 1.79. The van der Waals surface area contributed by atoms with Gasteiger partial charge in [0.05, 0.1) is 10.6 Å². The Hall–Kier alpha value is -1.56. The van der Waals surface area contributed by atoms with Crippen LogP contribution in [0.2, 0.25) is 0 Å². The van der Waals surface area contributed by atoms with Gasteiger partial charge in [0.15, 0.2) is 0 Å². The second kappa shape index (κ2) is 7.45. The highest BCUT2D eigenvalue weighted by Gasteiger charge is 2.20. The third-order valence-electron chi connectivity index (χ3n) is 2.52. The quantitative estimate of drug-likeness (QED) is 0.261. The number of nitrogens with one attached hydrogen (secondary N) is 2. The molecule has 1 rings (SSSR count). The Morgan fingerprint density at radius 2 is 2.10 bits per heavy atom. The lowest BCUT2D eigenvalue weighted by Crippen LogP contribution is -2.27.